The maximum absolute atomic E-state index is 13.1. The van der Waals surface area contributed by atoms with Crippen molar-refractivity contribution in [2.24, 2.45) is 0 Å². The summed E-state index contributed by atoms with van der Waals surface area (Å²) in [6, 6.07) is 27.2. The molecule has 236 valence electrons. The Kier molecular flexibility index (Phi) is 10.8. The Labute approximate surface area is 280 Å². The fraction of sp³-hybridized carbons (Fsp3) is 0.189. The van der Waals surface area contributed by atoms with E-state index in [1.165, 1.54) is 7.11 Å². The molecule has 5 rings (SSSR count). The van der Waals surface area contributed by atoms with Gasteiger partial charge in [0.1, 0.15) is 5.82 Å². The molecular formula is C37H34Cl2N2O4S. The van der Waals surface area contributed by atoms with Crippen LogP contribution >= 0.6 is 23.2 Å². The van der Waals surface area contributed by atoms with E-state index in [9.17, 15) is 13.2 Å². The van der Waals surface area contributed by atoms with E-state index >= 15 is 0 Å². The lowest BCUT2D eigenvalue weighted by Crippen LogP contribution is -2.05. The third-order valence-corrected chi connectivity index (χ3v) is 9.86. The fourth-order valence-corrected chi connectivity index (χ4v) is 6.87. The molecule has 0 aliphatic carbocycles. The highest BCUT2D eigenvalue weighted by Gasteiger charge is 2.16. The van der Waals surface area contributed by atoms with Crippen LogP contribution in [0.2, 0.25) is 10.0 Å². The molecule has 4 aromatic carbocycles. The molecule has 0 atom stereocenters. The molecule has 0 N–H and O–H groups in total. The number of carbonyl (C=O) groups excluding carboxylic acids is 1. The van der Waals surface area contributed by atoms with Gasteiger partial charge in [-0.1, -0.05) is 91.2 Å². The lowest BCUT2D eigenvalue weighted by atomic mass is 10.1. The van der Waals surface area contributed by atoms with Crippen molar-refractivity contribution >= 4 is 51.2 Å². The van der Waals surface area contributed by atoms with Crippen molar-refractivity contribution in [1.29, 1.82) is 0 Å². The number of methoxy groups -OCH3 is 1. The van der Waals surface area contributed by atoms with Crippen molar-refractivity contribution < 1.29 is 17.9 Å². The van der Waals surface area contributed by atoms with E-state index in [1.807, 2.05) is 77.5 Å². The van der Waals surface area contributed by atoms with Crippen LogP contribution < -0.4 is 0 Å². The van der Waals surface area contributed by atoms with Gasteiger partial charge in [0.15, 0.2) is 9.84 Å². The van der Waals surface area contributed by atoms with Crippen molar-refractivity contribution in [3.63, 3.8) is 0 Å². The predicted molar refractivity (Wildman–Crippen MR) is 186 cm³/mol. The summed E-state index contributed by atoms with van der Waals surface area (Å²) in [5, 5.41) is 1.03. The first-order chi connectivity index (χ1) is 22.1. The number of benzene rings is 4. The number of hydrogen-bond donors (Lipinski definition) is 0. The van der Waals surface area contributed by atoms with E-state index in [1.54, 1.807) is 36.4 Å². The zero-order valence-corrected chi connectivity index (χ0v) is 27.9. The zero-order chi connectivity index (χ0) is 32.7. The van der Waals surface area contributed by atoms with Gasteiger partial charge in [-0.2, -0.15) is 0 Å². The maximum Gasteiger partial charge on any atom is 0.337 e. The highest BCUT2D eigenvalue weighted by molar-refractivity contribution is 7.90. The van der Waals surface area contributed by atoms with Gasteiger partial charge < -0.3 is 9.30 Å². The van der Waals surface area contributed by atoms with Gasteiger partial charge in [0, 0.05) is 23.3 Å². The van der Waals surface area contributed by atoms with Gasteiger partial charge in [0.05, 0.1) is 34.0 Å². The molecule has 0 saturated heterocycles. The molecule has 0 aliphatic rings. The van der Waals surface area contributed by atoms with Crippen molar-refractivity contribution in [2.75, 3.05) is 7.11 Å². The fourth-order valence-electron chi connectivity index (χ4n) is 5.02. The monoisotopic (exact) mass is 672 g/mol. The van der Waals surface area contributed by atoms with Gasteiger partial charge >= 0.3 is 5.97 Å². The highest BCUT2D eigenvalue weighted by Crippen LogP contribution is 2.30. The molecule has 9 heteroatoms. The number of nitrogens with zero attached hydrogens (tertiary/aromatic N) is 2. The van der Waals surface area contributed by atoms with Crippen LogP contribution in [0.5, 0.6) is 0 Å². The second-order valence-corrected chi connectivity index (χ2v) is 13.8. The van der Waals surface area contributed by atoms with Crippen LogP contribution in [0.15, 0.2) is 102 Å². The number of imidazole rings is 1. The van der Waals surface area contributed by atoms with Gasteiger partial charge in [-0.3, -0.25) is 0 Å². The van der Waals surface area contributed by atoms with Crippen molar-refractivity contribution in [2.45, 2.75) is 43.4 Å². The summed E-state index contributed by atoms with van der Waals surface area (Å²) in [7, 11) is -2.11. The minimum absolute atomic E-state index is 0.0737. The number of aryl methyl sites for hydroxylation is 1. The van der Waals surface area contributed by atoms with Gasteiger partial charge in [0.2, 0.25) is 0 Å². The highest BCUT2D eigenvalue weighted by atomic mass is 35.5. The molecule has 0 radical (unpaired) electrons. The molecule has 0 bridgehead atoms. The van der Waals surface area contributed by atoms with Crippen LogP contribution in [0.1, 0.15) is 58.2 Å². The minimum atomic E-state index is -3.47. The second-order valence-electron chi connectivity index (χ2n) is 11.0. The van der Waals surface area contributed by atoms with Crippen LogP contribution in [0, 0.1) is 0 Å². The lowest BCUT2D eigenvalue weighted by molar-refractivity contribution is 0.0600. The molecule has 1 aromatic heterocycles. The molecule has 0 fully saturated rings. The number of aromatic nitrogens is 2. The molecule has 0 aliphatic heterocycles. The summed E-state index contributed by atoms with van der Waals surface area (Å²) < 4.78 is 33.0. The Balaban J connectivity index is 1.35. The number of rotatable bonds is 12. The summed E-state index contributed by atoms with van der Waals surface area (Å²) in [5.41, 5.74) is 5.63. The van der Waals surface area contributed by atoms with Crippen LogP contribution in [-0.2, 0) is 33.3 Å². The third kappa shape index (κ3) is 8.35. The van der Waals surface area contributed by atoms with Crippen LogP contribution in [0.4, 0.5) is 0 Å². The average molecular weight is 674 g/mol. The number of carbonyl (C=O) groups is 1. The molecule has 46 heavy (non-hydrogen) atoms. The molecule has 6 nitrogen and oxygen atoms in total. The summed E-state index contributed by atoms with van der Waals surface area (Å²) in [4.78, 5) is 17.1. The van der Waals surface area contributed by atoms with E-state index in [2.05, 4.69) is 6.92 Å². The normalized spacial score (nSPS) is 11.7. The van der Waals surface area contributed by atoms with E-state index in [0.29, 0.717) is 44.1 Å². The first-order valence-corrected chi connectivity index (χ1v) is 17.3. The smallest absolute Gasteiger partial charge is 0.337 e. The Bertz CT molecular complexity index is 1950. The molecule has 5 aromatic rings. The van der Waals surface area contributed by atoms with Crippen molar-refractivity contribution in [3.8, 4) is 11.3 Å². The molecule has 0 amide bonds. The molecule has 0 saturated carbocycles. The lowest BCUT2D eigenvalue weighted by Gasteiger charge is -2.07. The Morgan fingerprint density at radius 3 is 2.20 bits per heavy atom. The molecule has 0 unspecified atom stereocenters. The van der Waals surface area contributed by atoms with Crippen molar-refractivity contribution in [1.82, 2.24) is 9.55 Å². The van der Waals surface area contributed by atoms with Crippen LogP contribution in [0.25, 0.3) is 23.4 Å². The maximum atomic E-state index is 13.1. The van der Waals surface area contributed by atoms with Gasteiger partial charge in [-0.25, -0.2) is 18.2 Å². The molecule has 1 heterocycles. The molecular weight excluding hydrogens is 639 g/mol. The SMILES string of the molecule is CCCCc1ccc(S(=O)(=O)Cc2ccc(/C=C/c3nc(-c4ccc(Cl)cc4Cl)cn3Cc3ccc(C(=O)OC)cc3)cc2)cc1. The first-order valence-electron chi connectivity index (χ1n) is 14.9. The number of sulfone groups is 1. The summed E-state index contributed by atoms with van der Waals surface area (Å²) >= 11 is 12.6. The van der Waals surface area contributed by atoms with E-state index in [4.69, 9.17) is 32.9 Å². The summed E-state index contributed by atoms with van der Waals surface area (Å²) in [6.45, 7) is 2.64. The largest absolute Gasteiger partial charge is 0.465 e. The molecule has 0 spiro atoms. The first kappa shape index (κ1) is 33.2. The Morgan fingerprint density at radius 2 is 1.54 bits per heavy atom. The Hall–Kier alpha value is -4.17. The summed E-state index contributed by atoms with van der Waals surface area (Å²) in [6.07, 6.45) is 8.89. The second kappa shape index (κ2) is 14.9. The van der Waals surface area contributed by atoms with E-state index < -0.39 is 15.8 Å². The quantitative estimate of drug-likeness (QED) is 0.124. The van der Waals surface area contributed by atoms with Gasteiger partial charge in [-0.05, 0) is 83.6 Å². The number of halogens is 2. The van der Waals surface area contributed by atoms with Crippen LogP contribution in [0.3, 0.4) is 0 Å². The number of unbranched alkanes of at least 4 members (excludes halogenated alkanes) is 1. The van der Waals surface area contributed by atoms with Gasteiger partial charge in [-0.15, -0.1) is 0 Å². The predicted octanol–water partition coefficient (Wildman–Crippen LogP) is 9.18. The zero-order valence-electron chi connectivity index (χ0n) is 25.6. The standard InChI is InChI=1S/C37H34Cl2N2O4S/c1-3-4-5-26-12-18-32(19-13-26)46(43,44)25-29-8-6-27(7-9-29)14-21-36-40-35(33-20-17-31(38)22-34(33)39)24-41(36)23-28-10-15-30(16-11-28)37(42)45-2/h6-22,24H,3-5,23,25H2,1-2H3/b21-14+. The Morgan fingerprint density at radius 1 is 0.870 bits per heavy atom. The van der Waals surface area contributed by atoms with E-state index in [-0.39, 0.29) is 5.75 Å². The van der Waals surface area contributed by atoms with E-state index in [0.717, 1.165) is 41.5 Å². The van der Waals surface area contributed by atoms with Gasteiger partial charge in [0.25, 0.3) is 0 Å². The topological polar surface area (TPSA) is 78.3 Å². The average Bonchev–Trinajstić information content (AvgIpc) is 3.45. The number of hydrogen-bond acceptors (Lipinski definition) is 5. The number of ether oxygens (including phenoxy) is 1. The minimum Gasteiger partial charge on any atom is -0.465 e. The van der Waals surface area contributed by atoms with Crippen LogP contribution in [-0.4, -0.2) is 31.0 Å². The third-order valence-electron chi connectivity index (χ3n) is 7.61. The number of esters is 1. The summed E-state index contributed by atoms with van der Waals surface area (Å²) in [5.74, 6) is 0.222. The van der Waals surface area contributed by atoms with Crippen molar-refractivity contribution in [3.05, 3.63) is 141 Å².